The largest absolute Gasteiger partial charge is 0.380 e. The third-order valence-corrected chi connectivity index (χ3v) is 3.71. The van der Waals surface area contributed by atoms with E-state index in [0.717, 1.165) is 6.42 Å². The molecule has 2 atom stereocenters. The van der Waals surface area contributed by atoms with E-state index in [0.29, 0.717) is 38.6 Å². The number of rotatable bonds is 6. The van der Waals surface area contributed by atoms with Crippen LogP contribution in [0, 0.1) is 17.3 Å². The molecule has 0 aromatic rings. The van der Waals surface area contributed by atoms with Crippen molar-refractivity contribution in [2.45, 2.75) is 26.7 Å². The van der Waals surface area contributed by atoms with Crippen LogP contribution in [0.1, 0.15) is 26.7 Å². The molecular formula is C13H22N2O3. The molecule has 2 aliphatic rings. The molecule has 0 aromatic carbocycles. The predicted octanol–water partition coefficient (Wildman–Crippen LogP) is 0.301. The highest BCUT2D eigenvalue weighted by Gasteiger charge is 2.38. The maximum atomic E-state index is 11.6. The first-order valence-corrected chi connectivity index (χ1v) is 6.62. The smallest absolute Gasteiger partial charge is 0.223 e. The molecular weight excluding hydrogens is 232 g/mol. The van der Waals surface area contributed by atoms with Crippen molar-refractivity contribution in [2.75, 3.05) is 26.3 Å². The number of amides is 2. The summed E-state index contributed by atoms with van der Waals surface area (Å²) in [4.78, 5) is 23.1. The van der Waals surface area contributed by atoms with E-state index in [2.05, 4.69) is 24.5 Å². The van der Waals surface area contributed by atoms with Crippen molar-refractivity contribution in [3.05, 3.63) is 0 Å². The summed E-state index contributed by atoms with van der Waals surface area (Å²) in [5, 5.41) is 5.69. The van der Waals surface area contributed by atoms with E-state index >= 15 is 0 Å². The lowest BCUT2D eigenvalue weighted by atomic mass is 9.89. The Morgan fingerprint density at radius 2 is 2.00 bits per heavy atom. The maximum Gasteiger partial charge on any atom is 0.223 e. The van der Waals surface area contributed by atoms with E-state index in [1.807, 2.05) is 0 Å². The second-order valence-electron chi connectivity index (χ2n) is 5.94. The summed E-state index contributed by atoms with van der Waals surface area (Å²) in [5.74, 6) is 0.776. The lowest BCUT2D eigenvalue weighted by Gasteiger charge is -2.38. The Morgan fingerprint density at radius 3 is 2.50 bits per heavy atom. The summed E-state index contributed by atoms with van der Waals surface area (Å²) in [6.45, 7) is 6.67. The standard InChI is InChI=1S/C13H22N2O3/c1-9-5-10(9)12(17)14-4-3-11(16)15-6-13(2)7-18-8-13/h9-10H,3-8H2,1-2H3,(H,14,17)(H,15,16). The van der Waals surface area contributed by atoms with E-state index in [4.69, 9.17) is 4.74 Å². The quantitative estimate of drug-likeness (QED) is 0.716. The van der Waals surface area contributed by atoms with Gasteiger partial charge in [-0.1, -0.05) is 13.8 Å². The first-order chi connectivity index (χ1) is 8.50. The predicted molar refractivity (Wildman–Crippen MR) is 66.8 cm³/mol. The van der Waals surface area contributed by atoms with Crippen LogP contribution in [0.5, 0.6) is 0 Å². The fourth-order valence-electron chi connectivity index (χ4n) is 2.07. The molecule has 5 nitrogen and oxygen atoms in total. The first-order valence-electron chi connectivity index (χ1n) is 6.62. The Labute approximate surface area is 108 Å². The second-order valence-corrected chi connectivity index (χ2v) is 5.94. The Morgan fingerprint density at radius 1 is 1.33 bits per heavy atom. The minimum Gasteiger partial charge on any atom is -0.380 e. The van der Waals surface area contributed by atoms with Crippen molar-refractivity contribution in [1.82, 2.24) is 10.6 Å². The molecule has 2 amide bonds. The highest BCUT2D eigenvalue weighted by Crippen LogP contribution is 2.37. The molecule has 2 N–H and O–H groups in total. The SMILES string of the molecule is CC1CC1C(=O)NCCC(=O)NCC1(C)COC1. The van der Waals surface area contributed by atoms with E-state index in [1.54, 1.807) is 0 Å². The Hall–Kier alpha value is -1.10. The van der Waals surface area contributed by atoms with Crippen LogP contribution in [0.15, 0.2) is 0 Å². The van der Waals surface area contributed by atoms with Gasteiger partial charge in [0.25, 0.3) is 0 Å². The number of hydrogen-bond acceptors (Lipinski definition) is 3. The van der Waals surface area contributed by atoms with Crippen LogP contribution in [0.3, 0.4) is 0 Å². The lowest BCUT2D eigenvalue weighted by Crippen LogP contribution is -2.48. The van der Waals surface area contributed by atoms with Crippen LogP contribution < -0.4 is 10.6 Å². The normalized spacial score (nSPS) is 28.1. The Bertz CT molecular complexity index is 339. The lowest BCUT2D eigenvalue weighted by molar-refractivity contribution is -0.127. The molecule has 1 saturated heterocycles. The van der Waals surface area contributed by atoms with Crippen LogP contribution in [-0.2, 0) is 14.3 Å². The van der Waals surface area contributed by atoms with Crippen LogP contribution >= 0.6 is 0 Å². The molecule has 0 spiro atoms. The van der Waals surface area contributed by atoms with Gasteiger partial charge in [-0.25, -0.2) is 0 Å². The number of hydrogen-bond donors (Lipinski definition) is 2. The van der Waals surface area contributed by atoms with Crippen LogP contribution in [0.4, 0.5) is 0 Å². The molecule has 5 heteroatoms. The van der Waals surface area contributed by atoms with Crippen LogP contribution in [-0.4, -0.2) is 38.1 Å². The van der Waals surface area contributed by atoms with Gasteiger partial charge in [-0.15, -0.1) is 0 Å². The minimum atomic E-state index is -0.00716. The number of carbonyl (C=O) groups is 2. The highest BCUT2D eigenvalue weighted by atomic mass is 16.5. The molecule has 2 fully saturated rings. The molecule has 18 heavy (non-hydrogen) atoms. The monoisotopic (exact) mass is 254 g/mol. The van der Waals surface area contributed by atoms with E-state index in [1.165, 1.54) is 0 Å². The molecule has 0 bridgehead atoms. The van der Waals surface area contributed by atoms with Gasteiger partial charge in [0.2, 0.25) is 11.8 Å². The van der Waals surface area contributed by atoms with Gasteiger partial charge in [-0.05, 0) is 12.3 Å². The van der Waals surface area contributed by atoms with Crippen molar-refractivity contribution in [2.24, 2.45) is 17.3 Å². The van der Waals surface area contributed by atoms with Gasteiger partial charge in [0.1, 0.15) is 0 Å². The Kier molecular flexibility index (Phi) is 3.90. The zero-order valence-corrected chi connectivity index (χ0v) is 11.1. The van der Waals surface area contributed by atoms with Crippen molar-refractivity contribution >= 4 is 11.8 Å². The molecule has 2 unspecified atom stereocenters. The summed E-state index contributed by atoms with van der Waals surface area (Å²) in [7, 11) is 0. The molecule has 1 saturated carbocycles. The van der Waals surface area contributed by atoms with E-state index in [-0.39, 0.29) is 23.1 Å². The third kappa shape index (κ3) is 3.45. The summed E-state index contributed by atoms with van der Waals surface area (Å²) in [6, 6.07) is 0. The topological polar surface area (TPSA) is 67.4 Å². The van der Waals surface area contributed by atoms with Crippen molar-refractivity contribution in [1.29, 1.82) is 0 Å². The van der Waals surface area contributed by atoms with Gasteiger partial charge >= 0.3 is 0 Å². The van der Waals surface area contributed by atoms with Gasteiger partial charge in [-0.2, -0.15) is 0 Å². The summed E-state index contributed by atoms with van der Waals surface area (Å²) < 4.78 is 5.12. The minimum absolute atomic E-state index is 0.00716. The van der Waals surface area contributed by atoms with E-state index in [9.17, 15) is 9.59 Å². The average molecular weight is 254 g/mol. The summed E-state index contributed by atoms with van der Waals surface area (Å²) in [6.07, 6.45) is 1.33. The highest BCUT2D eigenvalue weighted by molar-refractivity contribution is 5.82. The summed E-state index contributed by atoms with van der Waals surface area (Å²) in [5.41, 5.74) is 0.0996. The second kappa shape index (κ2) is 5.26. The number of ether oxygens (including phenoxy) is 1. The van der Waals surface area contributed by atoms with Gasteiger partial charge in [0.15, 0.2) is 0 Å². The van der Waals surface area contributed by atoms with Crippen molar-refractivity contribution in [3.8, 4) is 0 Å². The molecule has 2 rings (SSSR count). The zero-order chi connectivity index (χ0) is 13.2. The molecule has 1 aliphatic heterocycles. The number of carbonyl (C=O) groups excluding carboxylic acids is 2. The fraction of sp³-hybridized carbons (Fsp3) is 0.846. The third-order valence-electron chi connectivity index (χ3n) is 3.71. The maximum absolute atomic E-state index is 11.6. The molecule has 1 heterocycles. The molecule has 1 aliphatic carbocycles. The van der Waals surface area contributed by atoms with Gasteiger partial charge in [0.05, 0.1) is 13.2 Å². The summed E-state index contributed by atoms with van der Waals surface area (Å²) >= 11 is 0. The zero-order valence-electron chi connectivity index (χ0n) is 11.1. The average Bonchev–Trinajstić information content (AvgIpc) is 3.01. The van der Waals surface area contributed by atoms with Gasteiger partial charge in [0, 0.05) is 30.8 Å². The first kappa shape index (κ1) is 13.3. The van der Waals surface area contributed by atoms with Crippen LogP contribution in [0.25, 0.3) is 0 Å². The fourth-order valence-corrected chi connectivity index (χ4v) is 2.07. The van der Waals surface area contributed by atoms with Crippen molar-refractivity contribution in [3.63, 3.8) is 0 Å². The molecule has 0 radical (unpaired) electrons. The Balaban J connectivity index is 1.53. The van der Waals surface area contributed by atoms with Gasteiger partial charge in [-0.3, -0.25) is 9.59 Å². The molecule has 0 aromatic heterocycles. The van der Waals surface area contributed by atoms with Crippen LogP contribution in [0.2, 0.25) is 0 Å². The van der Waals surface area contributed by atoms with Crippen molar-refractivity contribution < 1.29 is 14.3 Å². The van der Waals surface area contributed by atoms with Gasteiger partial charge < -0.3 is 15.4 Å². The van der Waals surface area contributed by atoms with E-state index < -0.39 is 0 Å². The number of nitrogens with one attached hydrogen (secondary N) is 2. The molecule has 102 valence electrons.